The molecule has 0 saturated heterocycles. The van der Waals surface area contributed by atoms with Gasteiger partial charge in [0.05, 0.1) is 16.1 Å². The summed E-state index contributed by atoms with van der Waals surface area (Å²) in [5, 5.41) is 2.95. The molecular formula is C37H40F3N3O4S. The van der Waals surface area contributed by atoms with E-state index >= 15 is 0 Å². The summed E-state index contributed by atoms with van der Waals surface area (Å²) in [4.78, 5) is 29.6. The summed E-state index contributed by atoms with van der Waals surface area (Å²) in [5.74, 6) is -1.23. The van der Waals surface area contributed by atoms with Gasteiger partial charge in [-0.05, 0) is 76.1 Å². The number of halogens is 3. The Balaban J connectivity index is 1.86. The minimum Gasteiger partial charge on any atom is -0.350 e. The molecule has 0 aromatic heterocycles. The third-order valence-electron chi connectivity index (χ3n) is 7.55. The summed E-state index contributed by atoms with van der Waals surface area (Å²) in [6.07, 6.45) is -4.66. The van der Waals surface area contributed by atoms with Gasteiger partial charge in [-0.25, -0.2) is 8.42 Å². The molecule has 0 bridgehead atoms. The van der Waals surface area contributed by atoms with Gasteiger partial charge in [-0.3, -0.25) is 13.9 Å². The van der Waals surface area contributed by atoms with Crippen molar-refractivity contribution in [3.05, 3.63) is 131 Å². The molecule has 11 heteroatoms. The van der Waals surface area contributed by atoms with E-state index in [0.29, 0.717) is 15.9 Å². The molecule has 0 spiro atoms. The summed E-state index contributed by atoms with van der Waals surface area (Å²) in [5.41, 5.74) is 1.06. The van der Waals surface area contributed by atoms with E-state index in [1.54, 1.807) is 45.9 Å². The van der Waals surface area contributed by atoms with Crippen LogP contribution in [0.4, 0.5) is 18.9 Å². The Labute approximate surface area is 280 Å². The zero-order valence-corrected chi connectivity index (χ0v) is 28.4. The van der Waals surface area contributed by atoms with Gasteiger partial charge in [-0.1, -0.05) is 83.9 Å². The van der Waals surface area contributed by atoms with Crippen LogP contribution in [0.5, 0.6) is 0 Å². The number of carbonyl (C=O) groups excluding carboxylic acids is 2. The minimum absolute atomic E-state index is 0.0589. The van der Waals surface area contributed by atoms with E-state index in [9.17, 15) is 31.2 Å². The zero-order chi connectivity index (χ0) is 35.3. The maximum Gasteiger partial charge on any atom is 0.416 e. The molecule has 254 valence electrons. The third-order valence-corrected chi connectivity index (χ3v) is 9.34. The zero-order valence-electron chi connectivity index (χ0n) is 27.6. The minimum atomic E-state index is -4.76. The number of hydrogen-bond donors (Lipinski definition) is 1. The van der Waals surface area contributed by atoms with Crippen molar-refractivity contribution in [3.8, 4) is 0 Å². The second-order valence-corrected chi connectivity index (χ2v) is 14.7. The second-order valence-electron chi connectivity index (χ2n) is 12.8. The average molecular weight is 680 g/mol. The molecule has 4 aromatic rings. The summed E-state index contributed by atoms with van der Waals surface area (Å²) >= 11 is 0. The number of rotatable bonds is 11. The van der Waals surface area contributed by atoms with E-state index < -0.39 is 51.7 Å². The highest BCUT2D eigenvalue weighted by molar-refractivity contribution is 7.92. The number of aryl methyl sites for hydroxylation is 2. The van der Waals surface area contributed by atoms with Crippen LogP contribution in [0.3, 0.4) is 0 Å². The molecule has 2 amide bonds. The van der Waals surface area contributed by atoms with Crippen LogP contribution in [0.2, 0.25) is 0 Å². The molecule has 0 unspecified atom stereocenters. The molecule has 0 saturated carbocycles. The van der Waals surface area contributed by atoms with Crippen molar-refractivity contribution in [3.63, 3.8) is 0 Å². The van der Waals surface area contributed by atoms with Crippen molar-refractivity contribution in [1.82, 2.24) is 10.2 Å². The van der Waals surface area contributed by atoms with Gasteiger partial charge in [0.15, 0.2) is 0 Å². The topological polar surface area (TPSA) is 86.8 Å². The highest BCUT2D eigenvalue weighted by Crippen LogP contribution is 2.33. The first-order valence-electron chi connectivity index (χ1n) is 15.4. The molecule has 4 rings (SSSR count). The van der Waals surface area contributed by atoms with Crippen LogP contribution in [0.15, 0.2) is 108 Å². The molecule has 0 radical (unpaired) electrons. The molecule has 1 N–H and O–H groups in total. The number of hydrogen-bond acceptors (Lipinski definition) is 4. The maximum absolute atomic E-state index is 14.5. The fraction of sp³-hybridized carbons (Fsp3) is 0.297. The van der Waals surface area contributed by atoms with Gasteiger partial charge in [0.2, 0.25) is 11.8 Å². The standard InChI is InChI=1S/C37H40F3N3O4S/c1-26-17-19-32(20-18-26)48(46,47)43(31-16-10-15-30(23-31)37(38,39)40)25-34(44)42(24-29-14-9-11-27(2)21-29)33(35(45)41-36(3,4)5)22-28-12-7-6-8-13-28/h6-21,23,33H,22,24-25H2,1-5H3,(H,41,45)/t33-/m1/s1. The van der Waals surface area contributed by atoms with Gasteiger partial charge in [-0.15, -0.1) is 0 Å². The molecule has 0 aliphatic rings. The number of nitrogens with zero attached hydrogens (tertiary/aromatic N) is 2. The summed E-state index contributed by atoms with van der Waals surface area (Å²) in [6, 6.07) is 25.0. The normalized spacial score (nSPS) is 12.7. The monoisotopic (exact) mass is 679 g/mol. The number of sulfonamides is 1. The summed E-state index contributed by atoms with van der Waals surface area (Å²) < 4.78 is 70.4. The van der Waals surface area contributed by atoms with E-state index in [1.165, 1.54) is 23.1 Å². The predicted molar refractivity (Wildman–Crippen MR) is 181 cm³/mol. The molecule has 0 aliphatic carbocycles. The number of nitrogens with one attached hydrogen (secondary N) is 1. The molecule has 4 aromatic carbocycles. The lowest BCUT2D eigenvalue weighted by molar-refractivity contribution is -0.140. The number of amides is 2. The lowest BCUT2D eigenvalue weighted by atomic mass is 10.0. The first-order chi connectivity index (χ1) is 22.4. The van der Waals surface area contributed by atoms with Gasteiger partial charge in [0.25, 0.3) is 10.0 Å². The summed E-state index contributed by atoms with van der Waals surface area (Å²) in [6.45, 7) is 8.15. The first-order valence-corrected chi connectivity index (χ1v) is 16.9. The Morgan fingerprint density at radius 1 is 0.771 bits per heavy atom. The maximum atomic E-state index is 14.5. The van der Waals surface area contributed by atoms with Crippen LogP contribution in [0, 0.1) is 13.8 Å². The van der Waals surface area contributed by atoms with Gasteiger partial charge >= 0.3 is 6.18 Å². The van der Waals surface area contributed by atoms with Crippen LogP contribution in [-0.2, 0) is 38.8 Å². The molecule has 0 fully saturated rings. The van der Waals surface area contributed by atoms with Crippen molar-refractivity contribution < 1.29 is 31.2 Å². The van der Waals surface area contributed by atoms with Crippen molar-refractivity contribution >= 4 is 27.5 Å². The highest BCUT2D eigenvalue weighted by atomic mass is 32.2. The molecule has 7 nitrogen and oxygen atoms in total. The molecule has 0 heterocycles. The predicted octanol–water partition coefficient (Wildman–Crippen LogP) is 7.07. The smallest absolute Gasteiger partial charge is 0.350 e. The van der Waals surface area contributed by atoms with Gasteiger partial charge in [0.1, 0.15) is 12.6 Å². The van der Waals surface area contributed by atoms with Gasteiger partial charge in [0, 0.05) is 18.5 Å². The average Bonchev–Trinajstić information content (AvgIpc) is 3.01. The molecule has 0 aliphatic heterocycles. The van der Waals surface area contributed by atoms with Crippen molar-refractivity contribution in [2.24, 2.45) is 0 Å². The highest BCUT2D eigenvalue weighted by Gasteiger charge is 2.37. The van der Waals surface area contributed by atoms with Crippen LogP contribution < -0.4 is 9.62 Å². The fourth-order valence-corrected chi connectivity index (χ4v) is 6.62. The molecule has 1 atom stereocenters. The largest absolute Gasteiger partial charge is 0.416 e. The SMILES string of the molecule is Cc1ccc(S(=O)(=O)N(CC(=O)N(Cc2cccc(C)c2)[C@H](Cc2ccccc2)C(=O)NC(C)(C)C)c2cccc(C(F)(F)F)c2)cc1. The number of benzene rings is 4. The number of carbonyl (C=O) groups is 2. The Hall–Kier alpha value is -4.64. The van der Waals surface area contributed by atoms with Crippen molar-refractivity contribution in [2.45, 2.75) is 70.2 Å². The van der Waals surface area contributed by atoms with Crippen LogP contribution in [-0.4, -0.2) is 43.3 Å². The van der Waals surface area contributed by atoms with E-state index in [0.717, 1.165) is 28.8 Å². The Morgan fingerprint density at radius 3 is 2.00 bits per heavy atom. The van der Waals surface area contributed by atoms with E-state index in [4.69, 9.17) is 0 Å². The lowest BCUT2D eigenvalue weighted by Gasteiger charge is -2.35. The fourth-order valence-electron chi connectivity index (χ4n) is 5.22. The quantitative estimate of drug-likeness (QED) is 0.184. The summed E-state index contributed by atoms with van der Waals surface area (Å²) in [7, 11) is -4.56. The second kappa shape index (κ2) is 14.6. The lowest BCUT2D eigenvalue weighted by Crippen LogP contribution is -2.56. The van der Waals surface area contributed by atoms with Gasteiger partial charge < -0.3 is 10.2 Å². The number of anilines is 1. The van der Waals surface area contributed by atoms with E-state index in [-0.39, 0.29) is 23.5 Å². The van der Waals surface area contributed by atoms with E-state index in [2.05, 4.69) is 5.32 Å². The van der Waals surface area contributed by atoms with Crippen molar-refractivity contribution in [1.29, 1.82) is 0 Å². The molecule has 48 heavy (non-hydrogen) atoms. The van der Waals surface area contributed by atoms with Crippen LogP contribution in [0.1, 0.15) is 48.6 Å². The molecular weight excluding hydrogens is 639 g/mol. The van der Waals surface area contributed by atoms with Crippen LogP contribution >= 0.6 is 0 Å². The first kappa shape index (κ1) is 36.2. The van der Waals surface area contributed by atoms with Crippen LogP contribution in [0.25, 0.3) is 0 Å². The van der Waals surface area contributed by atoms with E-state index in [1.807, 2.05) is 55.5 Å². The third kappa shape index (κ3) is 9.47. The Bertz CT molecular complexity index is 1840. The van der Waals surface area contributed by atoms with Crippen molar-refractivity contribution in [2.75, 3.05) is 10.8 Å². The number of alkyl halides is 3. The Morgan fingerprint density at radius 2 is 1.40 bits per heavy atom. The Kier molecular flexibility index (Phi) is 11.0. The van der Waals surface area contributed by atoms with Gasteiger partial charge in [-0.2, -0.15) is 13.2 Å².